The molecule has 17 heavy (non-hydrogen) atoms. The van der Waals surface area contributed by atoms with Gasteiger partial charge in [0.15, 0.2) is 5.79 Å². The molecule has 0 atom stereocenters. The van der Waals surface area contributed by atoms with Crippen molar-refractivity contribution in [3.63, 3.8) is 0 Å². The molecule has 1 aliphatic heterocycles. The van der Waals surface area contributed by atoms with Crippen molar-refractivity contribution in [2.75, 3.05) is 13.2 Å². The van der Waals surface area contributed by atoms with E-state index in [0.717, 1.165) is 4.90 Å². The second-order valence-electron chi connectivity index (χ2n) is 4.64. The molecule has 3 nitrogen and oxygen atoms in total. The zero-order valence-corrected chi connectivity index (χ0v) is 11.3. The molecule has 0 unspecified atom stereocenters. The normalized spacial score (nSPS) is 20.4. The molecule has 1 aromatic carbocycles. The van der Waals surface area contributed by atoms with Crippen molar-refractivity contribution in [1.82, 2.24) is 0 Å². The van der Waals surface area contributed by atoms with E-state index in [0.29, 0.717) is 13.2 Å². The van der Waals surface area contributed by atoms with Crippen LogP contribution in [0.1, 0.15) is 19.4 Å². The molecular weight excluding hydrogens is 236 g/mol. The van der Waals surface area contributed by atoms with Gasteiger partial charge in [-0.3, -0.25) is 0 Å². The number of rotatable bonds is 3. The Labute approximate surface area is 107 Å². The van der Waals surface area contributed by atoms with E-state index in [4.69, 9.17) is 13.7 Å². The Hall–Kier alpha value is -0.550. The van der Waals surface area contributed by atoms with Crippen LogP contribution in [0.4, 0.5) is 0 Å². The summed E-state index contributed by atoms with van der Waals surface area (Å²) in [5.74, 6) is -0.478. The highest BCUT2D eigenvalue weighted by atomic mass is 32.2. The molecule has 0 aliphatic carbocycles. The van der Waals surface area contributed by atoms with E-state index in [1.165, 1.54) is 17.6 Å². The highest BCUT2D eigenvalue weighted by molar-refractivity contribution is 7.94. The molecule has 0 aromatic heterocycles. The van der Waals surface area contributed by atoms with Crippen LogP contribution in [0.3, 0.4) is 0 Å². The summed E-state index contributed by atoms with van der Waals surface area (Å²) in [6.07, 6.45) is -0.00525. The van der Waals surface area contributed by atoms with Gasteiger partial charge < -0.3 is 13.7 Å². The minimum atomic E-state index is -0.478. The monoisotopic (exact) mass is 254 g/mol. The van der Waals surface area contributed by atoms with Gasteiger partial charge in [-0.15, -0.1) is 0 Å². The Balaban J connectivity index is 1.78. The molecular formula is C13H18O3S. The molecule has 1 fully saturated rings. The molecule has 0 bridgehead atoms. The van der Waals surface area contributed by atoms with E-state index in [1.807, 2.05) is 13.8 Å². The maximum atomic E-state index is 5.67. The highest BCUT2D eigenvalue weighted by Crippen LogP contribution is 2.25. The lowest BCUT2D eigenvalue weighted by Crippen LogP contribution is -2.42. The van der Waals surface area contributed by atoms with Crippen LogP contribution in [0.2, 0.25) is 0 Å². The van der Waals surface area contributed by atoms with E-state index in [-0.39, 0.29) is 6.10 Å². The Kier molecular flexibility index (Phi) is 4.09. The standard InChI is InChI=1S/C13H18O3S/c1-10-4-6-12(7-5-10)17-16-11-8-14-13(2,3)15-9-11/h4-7,11H,8-9H2,1-3H3. The lowest BCUT2D eigenvalue weighted by molar-refractivity contribution is -0.267. The molecule has 1 saturated heterocycles. The molecule has 0 N–H and O–H groups in total. The zero-order valence-electron chi connectivity index (χ0n) is 10.4. The predicted molar refractivity (Wildman–Crippen MR) is 67.9 cm³/mol. The van der Waals surface area contributed by atoms with Gasteiger partial charge in [0.2, 0.25) is 0 Å². The summed E-state index contributed by atoms with van der Waals surface area (Å²) >= 11 is 1.38. The van der Waals surface area contributed by atoms with Gasteiger partial charge >= 0.3 is 0 Å². The van der Waals surface area contributed by atoms with Crippen LogP contribution in [0, 0.1) is 6.92 Å². The summed E-state index contributed by atoms with van der Waals surface area (Å²) in [4.78, 5) is 1.10. The van der Waals surface area contributed by atoms with Gasteiger partial charge in [-0.25, -0.2) is 0 Å². The average Bonchev–Trinajstić information content (AvgIpc) is 2.30. The summed E-state index contributed by atoms with van der Waals surface area (Å²) < 4.78 is 16.7. The molecule has 0 amide bonds. The first-order valence-corrected chi connectivity index (χ1v) is 6.47. The van der Waals surface area contributed by atoms with Crippen LogP contribution in [0.15, 0.2) is 29.2 Å². The minimum Gasteiger partial charge on any atom is -0.348 e. The topological polar surface area (TPSA) is 27.7 Å². The SMILES string of the molecule is Cc1ccc(SOC2COC(C)(C)OC2)cc1. The molecule has 4 heteroatoms. The minimum absolute atomic E-state index is 0.00525. The van der Waals surface area contributed by atoms with Crippen molar-refractivity contribution in [2.24, 2.45) is 0 Å². The van der Waals surface area contributed by atoms with Crippen molar-refractivity contribution < 1.29 is 13.7 Å². The highest BCUT2D eigenvalue weighted by Gasteiger charge is 2.29. The van der Waals surface area contributed by atoms with Crippen LogP contribution < -0.4 is 0 Å². The fourth-order valence-corrected chi connectivity index (χ4v) is 2.06. The second-order valence-corrected chi connectivity index (χ2v) is 5.47. The molecule has 0 spiro atoms. The van der Waals surface area contributed by atoms with Crippen molar-refractivity contribution in [2.45, 2.75) is 37.6 Å². The number of hydrogen-bond acceptors (Lipinski definition) is 4. The van der Waals surface area contributed by atoms with Crippen molar-refractivity contribution in [3.8, 4) is 0 Å². The van der Waals surface area contributed by atoms with Gasteiger partial charge in [-0.05, 0) is 32.9 Å². The van der Waals surface area contributed by atoms with Gasteiger partial charge in [0.05, 0.1) is 13.2 Å². The second kappa shape index (κ2) is 5.40. The van der Waals surface area contributed by atoms with E-state index >= 15 is 0 Å². The summed E-state index contributed by atoms with van der Waals surface area (Å²) in [5.41, 5.74) is 1.25. The summed E-state index contributed by atoms with van der Waals surface area (Å²) in [6.45, 7) is 7.05. The lowest BCUT2D eigenvalue weighted by Gasteiger charge is -2.34. The van der Waals surface area contributed by atoms with Crippen LogP contribution >= 0.6 is 12.0 Å². The van der Waals surface area contributed by atoms with E-state index in [9.17, 15) is 0 Å². The first kappa shape index (κ1) is 12.9. The Morgan fingerprint density at radius 2 is 1.76 bits per heavy atom. The summed E-state index contributed by atoms with van der Waals surface area (Å²) in [6, 6.07) is 8.24. The van der Waals surface area contributed by atoms with Gasteiger partial charge in [0, 0.05) is 16.9 Å². The Morgan fingerprint density at radius 1 is 1.18 bits per heavy atom. The Bertz CT molecular complexity index is 351. The number of aryl methyl sites for hydroxylation is 1. The van der Waals surface area contributed by atoms with Crippen LogP contribution in [-0.4, -0.2) is 25.1 Å². The molecule has 1 aliphatic rings. The van der Waals surface area contributed by atoms with Gasteiger partial charge in [0.1, 0.15) is 6.10 Å². The molecule has 94 valence electrons. The fraction of sp³-hybridized carbons (Fsp3) is 0.538. The van der Waals surface area contributed by atoms with E-state index in [2.05, 4.69) is 31.2 Å². The molecule has 1 aromatic rings. The molecule has 0 saturated carbocycles. The van der Waals surface area contributed by atoms with Crippen LogP contribution in [0.5, 0.6) is 0 Å². The van der Waals surface area contributed by atoms with E-state index in [1.54, 1.807) is 0 Å². The van der Waals surface area contributed by atoms with Crippen molar-refractivity contribution in [1.29, 1.82) is 0 Å². The largest absolute Gasteiger partial charge is 0.348 e. The third-order valence-corrected chi connectivity index (χ3v) is 3.37. The molecule has 1 heterocycles. The maximum Gasteiger partial charge on any atom is 0.163 e. The molecule has 0 radical (unpaired) electrons. The smallest absolute Gasteiger partial charge is 0.163 e. The van der Waals surface area contributed by atoms with Gasteiger partial charge in [-0.2, -0.15) is 0 Å². The third kappa shape index (κ3) is 4.00. The van der Waals surface area contributed by atoms with Crippen molar-refractivity contribution >= 4 is 12.0 Å². The number of hydrogen-bond donors (Lipinski definition) is 0. The Morgan fingerprint density at radius 3 is 2.35 bits per heavy atom. The van der Waals surface area contributed by atoms with Crippen molar-refractivity contribution in [3.05, 3.63) is 29.8 Å². The summed E-state index contributed by atoms with van der Waals surface area (Å²) in [7, 11) is 0. The summed E-state index contributed by atoms with van der Waals surface area (Å²) in [5, 5.41) is 0. The number of benzene rings is 1. The average molecular weight is 254 g/mol. The first-order chi connectivity index (χ1) is 8.05. The maximum absolute atomic E-state index is 5.67. The van der Waals surface area contributed by atoms with Gasteiger partial charge in [0.25, 0.3) is 0 Å². The third-order valence-electron chi connectivity index (χ3n) is 2.54. The fourth-order valence-electron chi connectivity index (χ4n) is 1.45. The van der Waals surface area contributed by atoms with Crippen LogP contribution in [0.25, 0.3) is 0 Å². The van der Waals surface area contributed by atoms with E-state index < -0.39 is 5.79 Å². The lowest BCUT2D eigenvalue weighted by atomic mass is 10.2. The molecule has 2 rings (SSSR count). The predicted octanol–water partition coefficient (Wildman–Crippen LogP) is 3.17. The van der Waals surface area contributed by atoms with Crippen LogP contribution in [-0.2, 0) is 13.7 Å². The zero-order chi connectivity index (χ0) is 12.3. The quantitative estimate of drug-likeness (QED) is 0.774. The first-order valence-electron chi connectivity index (χ1n) is 5.73. The number of ether oxygens (including phenoxy) is 2. The van der Waals surface area contributed by atoms with Gasteiger partial charge in [-0.1, -0.05) is 17.7 Å².